The lowest BCUT2D eigenvalue weighted by atomic mass is 9.94. The number of hydrogen-bond donors (Lipinski definition) is 1. The second-order valence-electron chi connectivity index (χ2n) is 5.79. The molecule has 7 nitrogen and oxygen atoms in total. The van der Waals surface area contributed by atoms with Gasteiger partial charge in [0, 0.05) is 30.7 Å². The molecule has 126 valence electrons. The number of hydrogen-bond acceptors (Lipinski definition) is 5. The Labute approximate surface area is 144 Å². The number of nitro groups is 1. The van der Waals surface area contributed by atoms with Gasteiger partial charge in [-0.15, -0.1) is 0 Å². The SMILES string of the molecule is C[C@@H]1CC(=O)NN=C1c1ccc(N=Cc2cccc([N+](=O)[O-])c2)cc1. The molecule has 0 aromatic heterocycles. The fourth-order valence-electron chi connectivity index (χ4n) is 2.59. The molecular weight excluding hydrogens is 320 g/mol. The number of aliphatic imine (C=N–C) groups is 1. The standard InChI is InChI=1S/C18H16N4O3/c1-12-9-17(23)20-21-18(12)14-5-7-15(8-6-14)19-11-13-3-2-4-16(10-13)22(24)25/h2-8,10-12H,9H2,1H3,(H,20,23)/t12-/m1/s1. The van der Waals surface area contributed by atoms with Gasteiger partial charge in [-0.2, -0.15) is 5.10 Å². The van der Waals surface area contributed by atoms with Gasteiger partial charge in [-0.05, 0) is 23.3 Å². The van der Waals surface area contributed by atoms with E-state index in [0.29, 0.717) is 12.0 Å². The predicted octanol–water partition coefficient (Wildman–Crippen LogP) is 3.21. The van der Waals surface area contributed by atoms with Crippen molar-refractivity contribution >= 4 is 29.2 Å². The maximum atomic E-state index is 11.3. The molecule has 0 saturated heterocycles. The lowest BCUT2D eigenvalue weighted by molar-refractivity contribution is -0.384. The van der Waals surface area contributed by atoms with Crippen molar-refractivity contribution in [2.45, 2.75) is 13.3 Å². The van der Waals surface area contributed by atoms with Crippen molar-refractivity contribution in [1.82, 2.24) is 5.43 Å². The van der Waals surface area contributed by atoms with E-state index in [0.717, 1.165) is 17.0 Å². The Morgan fingerprint density at radius 3 is 2.72 bits per heavy atom. The number of hydrazone groups is 1. The van der Waals surface area contributed by atoms with Crippen LogP contribution in [0.15, 0.2) is 58.6 Å². The van der Waals surface area contributed by atoms with Crippen molar-refractivity contribution in [3.63, 3.8) is 0 Å². The summed E-state index contributed by atoms with van der Waals surface area (Å²) < 4.78 is 0. The van der Waals surface area contributed by atoms with Crippen LogP contribution in [-0.4, -0.2) is 22.8 Å². The zero-order chi connectivity index (χ0) is 17.8. The number of nitrogens with one attached hydrogen (secondary N) is 1. The molecule has 1 atom stereocenters. The normalized spacial score (nSPS) is 17.2. The number of carbonyl (C=O) groups is 1. The summed E-state index contributed by atoms with van der Waals surface area (Å²) in [4.78, 5) is 26.0. The van der Waals surface area contributed by atoms with Crippen LogP contribution >= 0.6 is 0 Å². The maximum absolute atomic E-state index is 11.3. The topological polar surface area (TPSA) is 97.0 Å². The molecule has 1 aliphatic rings. The number of nitrogens with zero attached hydrogens (tertiary/aromatic N) is 3. The molecular formula is C18H16N4O3. The number of rotatable bonds is 4. The molecule has 0 bridgehead atoms. The Balaban J connectivity index is 1.76. The first-order valence-corrected chi connectivity index (χ1v) is 7.78. The second-order valence-corrected chi connectivity index (χ2v) is 5.79. The van der Waals surface area contributed by atoms with E-state index in [9.17, 15) is 14.9 Å². The summed E-state index contributed by atoms with van der Waals surface area (Å²) in [5.74, 6) is -0.0117. The molecule has 7 heteroatoms. The van der Waals surface area contributed by atoms with Crippen LogP contribution in [0.4, 0.5) is 11.4 Å². The van der Waals surface area contributed by atoms with Crippen LogP contribution in [-0.2, 0) is 4.79 Å². The predicted molar refractivity (Wildman–Crippen MR) is 95.3 cm³/mol. The van der Waals surface area contributed by atoms with Gasteiger partial charge in [0.15, 0.2) is 0 Å². The Hall–Kier alpha value is -3.35. The van der Waals surface area contributed by atoms with Gasteiger partial charge >= 0.3 is 0 Å². The van der Waals surface area contributed by atoms with E-state index in [-0.39, 0.29) is 17.5 Å². The molecule has 1 aliphatic heterocycles. The van der Waals surface area contributed by atoms with Crippen LogP contribution in [0, 0.1) is 16.0 Å². The third-order valence-corrected chi connectivity index (χ3v) is 3.87. The Morgan fingerprint density at radius 1 is 1.28 bits per heavy atom. The van der Waals surface area contributed by atoms with Gasteiger partial charge in [-0.3, -0.25) is 19.9 Å². The quantitative estimate of drug-likeness (QED) is 0.527. The third kappa shape index (κ3) is 3.95. The Bertz CT molecular complexity index is 872. The fraction of sp³-hybridized carbons (Fsp3) is 0.167. The van der Waals surface area contributed by atoms with Crippen LogP contribution in [0.2, 0.25) is 0 Å². The van der Waals surface area contributed by atoms with Crippen molar-refractivity contribution in [2.24, 2.45) is 16.0 Å². The number of amides is 1. The van der Waals surface area contributed by atoms with E-state index in [1.54, 1.807) is 18.3 Å². The third-order valence-electron chi connectivity index (χ3n) is 3.87. The lowest BCUT2D eigenvalue weighted by Crippen LogP contribution is -2.31. The van der Waals surface area contributed by atoms with Gasteiger partial charge in [0.1, 0.15) is 0 Å². The first kappa shape index (κ1) is 16.5. The zero-order valence-electron chi connectivity index (χ0n) is 13.5. The van der Waals surface area contributed by atoms with Crippen LogP contribution in [0.1, 0.15) is 24.5 Å². The summed E-state index contributed by atoms with van der Waals surface area (Å²) in [5.41, 5.74) is 5.69. The summed E-state index contributed by atoms with van der Waals surface area (Å²) >= 11 is 0. The first-order chi connectivity index (χ1) is 12.0. The van der Waals surface area contributed by atoms with Crippen LogP contribution in [0.25, 0.3) is 0 Å². The average molecular weight is 336 g/mol. The van der Waals surface area contributed by atoms with E-state index < -0.39 is 4.92 Å². The van der Waals surface area contributed by atoms with Crippen LogP contribution < -0.4 is 5.43 Å². The Morgan fingerprint density at radius 2 is 2.04 bits per heavy atom. The monoisotopic (exact) mass is 336 g/mol. The zero-order valence-corrected chi connectivity index (χ0v) is 13.5. The number of non-ortho nitro benzene ring substituents is 1. The summed E-state index contributed by atoms with van der Waals surface area (Å²) in [6.45, 7) is 1.96. The van der Waals surface area contributed by atoms with Gasteiger partial charge < -0.3 is 0 Å². The molecule has 2 aromatic carbocycles. The smallest absolute Gasteiger partial charge is 0.270 e. The van der Waals surface area contributed by atoms with Gasteiger partial charge in [0.25, 0.3) is 5.69 Å². The van der Waals surface area contributed by atoms with Crippen molar-refractivity contribution in [3.8, 4) is 0 Å². The largest absolute Gasteiger partial charge is 0.273 e. The van der Waals surface area contributed by atoms with Crippen molar-refractivity contribution in [3.05, 3.63) is 69.8 Å². The van der Waals surface area contributed by atoms with E-state index in [1.807, 2.05) is 31.2 Å². The molecule has 0 saturated carbocycles. The van der Waals surface area contributed by atoms with E-state index in [1.165, 1.54) is 12.1 Å². The van der Waals surface area contributed by atoms with Crippen molar-refractivity contribution in [2.75, 3.05) is 0 Å². The highest BCUT2D eigenvalue weighted by molar-refractivity contribution is 6.05. The van der Waals surface area contributed by atoms with E-state index >= 15 is 0 Å². The minimum atomic E-state index is -0.434. The fourth-order valence-corrected chi connectivity index (χ4v) is 2.59. The number of carbonyl (C=O) groups excluding carboxylic acids is 1. The van der Waals surface area contributed by atoms with Crippen molar-refractivity contribution in [1.29, 1.82) is 0 Å². The molecule has 1 amide bonds. The summed E-state index contributed by atoms with van der Waals surface area (Å²) in [6.07, 6.45) is 2.01. The molecule has 0 aliphatic carbocycles. The first-order valence-electron chi connectivity index (χ1n) is 7.78. The highest BCUT2D eigenvalue weighted by Crippen LogP contribution is 2.20. The minimum absolute atomic E-state index is 0.0330. The lowest BCUT2D eigenvalue weighted by Gasteiger charge is -2.19. The molecule has 0 unspecified atom stereocenters. The highest BCUT2D eigenvalue weighted by atomic mass is 16.6. The second kappa shape index (κ2) is 7.04. The van der Waals surface area contributed by atoms with Crippen LogP contribution in [0.5, 0.6) is 0 Å². The molecule has 1 heterocycles. The highest BCUT2D eigenvalue weighted by Gasteiger charge is 2.21. The van der Waals surface area contributed by atoms with E-state index in [2.05, 4.69) is 15.5 Å². The molecule has 25 heavy (non-hydrogen) atoms. The van der Waals surface area contributed by atoms with E-state index in [4.69, 9.17) is 0 Å². The van der Waals surface area contributed by atoms with Gasteiger partial charge in [0.2, 0.25) is 5.91 Å². The van der Waals surface area contributed by atoms with Gasteiger partial charge in [0.05, 0.1) is 16.3 Å². The molecule has 0 spiro atoms. The van der Waals surface area contributed by atoms with Gasteiger partial charge in [-0.25, -0.2) is 5.43 Å². The molecule has 3 rings (SSSR count). The molecule has 2 aromatic rings. The van der Waals surface area contributed by atoms with Gasteiger partial charge in [-0.1, -0.05) is 31.2 Å². The summed E-state index contributed by atoms with van der Waals surface area (Å²) in [5, 5.41) is 14.9. The molecule has 0 fully saturated rings. The number of benzene rings is 2. The van der Waals surface area contributed by atoms with Crippen LogP contribution in [0.3, 0.4) is 0 Å². The Kier molecular flexibility index (Phi) is 4.65. The molecule has 1 N–H and O–H groups in total. The summed E-state index contributed by atoms with van der Waals surface area (Å²) in [6, 6.07) is 13.8. The maximum Gasteiger partial charge on any atom is 0.270 e. The summed E-state index contributed by atoms with van der Waals surface area (Å²) in [7, 11) is 0. The van der Waals surface area contributed by atoms with Crippen molar-refractivity contribution < 1.29 is 9.72 Å². The molecule has 0 radical (unpaired) electrons. The average Bonchev–Trinajstić information content (AvgIpc) is 2.61. The number of nitro benzene ring substituents is 1. The minimum Gasteiger partial charge on any atom is -0.273 e.